The van der Waals surface area contributed by atoms with E-state index < -0.39 is 5.79 Å². The number of allylic oxidation sites excluding steroid dienone is 2. The molecule has 0 saturated heterocycles. The Hall–Kier alpha value is -1.98. The standard InChI is InChI=1S/C6H8O3.C6H6O2/c7-5-2-1-3-6(8,9)4-5;7-5-2-1-3-6(8)4-5/h1-3,7-9H,4H2;1-4,7-8H. The molecule has 0 fully saturated rings. The van der Waals surface area contributed by atoms with Gasteiger partial charge in [0, 0.05) is 6.07 Å². The summed E-state index contributed by atoms with van der Waals surface area (Å²) < 4.78 is 0. The van der Waals surface area contributed by atoms with Crippen LogP contribution in [0, 0.1) is 0 Å². The smallest absolute Gasteiger partial charge is 0.190 e. The summed E-state index contributed by atoms with van der Waals surface area (Å²) in [4.78, 5) is 0. The summed E-state index contributed by atoms with van der Waals surface area (Å²) in [6.45, 7) is 0. The first-order valence-corrected chi connectivity index (χ1v) is 4.89. The van der Waals surface area contributed by atoms with Gasteiger partial charge in [-0.2, -0.15) is 0 Å². The molecule has 0 saturated carbocycles. The first-order chi connectivity index (χ1) is 7.89. The number of hydrogen-bond donors (Lipinski definition) is 5. The molecule has 5 N–H and O–H groups in total. The van der Waals surface area contributed by atoms with E-state index in [1.807, 2.05) is 0 Å². The van der Waals surface area contributed by atoms with Crippen molar-refractivity contribution in [1.29, 1.82) is 0 Å². The highest BCUT2D eigenvalue weighted by Crippen LogP contribution is 2.17. The van der Waals surface area contributed by atoms with Gasteiger partial charge in [-0.15, -0.1) is 0 Å². The van der Waals surface area contributed by atoms with Crippen LogP contribution in [0.25, 0.3) is 0 Å². The van der Waals surface area contributed by atoms with Crippen molar-refractivity contribution in [1.82, 2.24) is 0 Å². The van der Waals surface area contributed by atoms with Gasteiger partial charge in [0.25, 0.3) is 0 Å². The monoisotopic (exact) mass is 238 g/mol. The summed E-state index contributed by atoms with van der Waals surface area (Å²) in [6, 6.07) is 5.85. The topological polar surface area (TPSA) is 101 Å². The molecule has 0 bridgehead atoms. The second-order valence-electron chi connectivity index (χ2n) is 3.59. The zero-order valence-corrected chi connectivity index (χ0v) is 8.98. The summed E-state index contributed by atoms with van der Waals surface area (Å²) in [5.41, 5.74) is 0. The first kappa shape index (κ1) is 13.1. The lowest BCUT2D eigenvalue weighted by atomic mass is 10.1. The summed E-state index contributed by atoms with van der Waals surface area (Å²) in [5, 5.41) is 43.7. The third-order valence-corrected chi connectivity index (χ3v) is 1.92. The molecule has 1 aliphatic rings. The fourth-order valence-electron chi connectivity index (χ4n) is 1.19. The largest absolute Gasteiger partial charge is 0.512 e. The SMILES string of the molecule is OC1=CC=CC(O)(O)C1.Oc1cccc(O)c1. The average molecular weight is 238 g/mol. The minimum Gasteiger partial charge on any atom is -0.512 e. The van der Waals surface area contributed by atoms with Crippen LogP contribution in [0.4, 0.5) is 0 Å². The van der Waals surface area contributed by atoms with Gasteiger partial charge in [-0.25, -0.2) is 0 Å². The summed E-state index contributed by atoms with van der Waals surface area (Å²) in [7, 11) is 0. The van der Waals surface area contributed by atoms with Gasteiger partial charge >= 0.3 is 0 Å². The van der Waals surface area contributed by atoms with Crippen LogP contribution in [-0.4, -0.2) is 31.3 Å². The predicted octanol–water partition coefficient (Wildman–Crippen LogP) is 1.17. The zero-order valence-electron chi connectivity index (χ0n) is 8.98. The number of aliphatic hydroxyl groups is 3. The Morgan fingerprint density at radius 1 is 1.00 bits per heavy atom. The molecule has 0 spiro atoms. The van der Waals surface area contributed by atoms with Crippen molar-refractivity contribution in [2.24, 2.45) is 0 Å². The van der Waals surface area contributed by atoms with Gasteiger partial charge in [-0.3, -0.25) is 0 Å². The van der Waals surface area contributed by atoms with E-state index in [9.17, 15) is 0 Å². The second kappa shape index (κ2) is 5.38. The average Bonchev–Trinajstić information content (AvgIpc) is 2.15. The van der Waals surface area contributed by atoms with E-state index in [-0.39, 0.29) is 23.7 Å². The number of aromatic hydroxyl groups is 2. The van der Waals surface area contributed by atoms with E-state index in [2.05, 4.69) is 0 Å². The molecular weight excluding hydrogens is 224 g/mol. The molecule has 0 amide bonds. The van der Waals surface area contributed by atoms with Crippen molar-refractivity contribution in [3.05, 3.63) is 48.3 Å². The Labute approximate surface area is 98.2 Å². The van der Waals surface area contributed by atoms with E-state index in [1.165, 1.54) is 36.4 Å². The van der Waals surface area contributed by atoms with Crippen LogP contribution < -0.4 is 0 Å². The number of rotatable bonds is 0. The van der Waals surface area contributed by atoms with Gasteiger partial charge in [0.15, 0.2) is 5.79 Å². The maximum atomic E-state index is 8.81. The second-order valence-corrected chi connectivity index (χ2v) is 3.59. The number of phenolic OH excluding ortho intramolecular Hbond substituents is 2. The van der Waals surface area contributed by atoms with Crippen molar-refractivity contribution in [2.45, 2.75) is 12.2 Å². The molecule has 1 aliphatic carbocycles. The minimum absolute atomic E-state index is 0.0116. The van der Waals surface area contributed by atoms with Crippen molar-refractivity contribution in [2.75, 3.05) is 0 Å². The number of aliphatic hydroxyl groups excluding tert-OH is 1. The lowest BCUT2D eigenvalue weighted by molar-refractivity contribution is -0.122. The van der Waals surface area contributed by atoms with Crippen LogP contribution in [0.2, 0.25) is 0 Å². The molecule has 0 unspecified atom stereocenters. The maximum absolute atomic E-state index is 8.81. The Kier molecular flexibility index (Phi) is 4.14. The van der Waals surface area contributed by atoms with E-state index in [0.717, 1.165) is 0 Å². The molecule has 17 heavy (non-hydrogen) atoms. The normalized spacial score (nSPS) is 16.7. The molecule has 92 valence electrons. The van der Waals surface area contributed by atoms with E-state index in [1.54, 1.807) is 6.07 Å². The van der Waals surface area contributed by atoms with Crippen LogP contribution in [0.5, 0.6) is 11.5 Å². The highest BCUT2D eigenvalue weighted by Gasteiger charge is 2.22. The lowest BCUT2D eigenvalue weighted by Gasteiger charge is -2.18. The first-order valence-electron chi connectivity index (χ1n) is 4.89. The molecule has 0 heterocycles. The highest BCUT2D eigenvalue weighted by atomic mass is 16.5. The van der Waals surface area contributed by atoms with Gasteiger partial charge in [0.05, 0.1) is 12.2 Å². The van der Waals surface area contributed by atoms with Gasteiger partial charge in [-0.05, 0) is 24.3 Å². The summed E-state index contributed by atoms with van der Waals surface area (Å²) >= 11 is 0. The van der Waals surface area contributed by atoms with Gasteiger partial charge < -0.3 is 25.5 Å². The molecule has 0 radical (unpaired) electrons. The summed E-state index contributed by atoms with van der Waals surface area (Å²) in [5.74, 6) is -1.68. The van der Waals surface area contributed by atoms with Crippen LogP contribution in [0.1, 0.15) is 6.42 Å². The Bertz CT molecular complexity index is 417. The third kappa shape index (κ3) is 5.05. The molecule has 2 rings (SSSR count). The van der Waals surface area contributed by atoms with Crippen LogP contribution in [0.15, 0.2) is 48.3 Å². The lowest BCUT2D eigenvalue weighted by Crippen LogP contribution is -2.26. The molecule has 0 atom stereocenters. The fourth-order valence-corrected chi connectivity index (χ4v) is 1.19. The van der Waals surface area contributed by atoms with Crippen molar-refractivity contribution >= 4 is 0 Å². The molecular formula is C12H14O5. The Morgan fingerprint density at radius 2 is 1.59 bits per heavy atom. The van der Waals surface area contributed by atoms with Crippen molar-refractivity contribution in [3.8, 4) is 11.5 Å². The Balaban J connectivity index is 0.000000171. The zero-order chi connectivity index (χ0) is 12.9. The molecule has 5 heteroatoms. The van der Waals surface area contributed by atoms with E-state index in [0.29, 0.717) is 0 Å². The van der Waals surface area contributed by atoms with E-state index in [4.69, 9.17) is 25.5 Å². The molecule has 1 aromatic rings. The third-order valence-electron chi connectivity index (χ3n) is 1.92. The number of hydrogen-bond acceptors (Lipinski definition) is 5. The van der Waals surface area contributed by atoms with Crippen molar-refractivity contribution < 1.29 is 25.5 Å². The Morgan fingerprint density at radius 3 is 1.88 bits per heavy atom. The van der Waals surface area contributed by atoms with Crippen LogP contribution in [0.3, 0.4) is 0 Å². The maximum Gasteiger partial charge on any atom is 0.190 e. The highest BCUT2D eigenvalue weighted by molar-refractivity contribution is 5.30. The van der Waals surface area contributed by atoms with Gasteiger partial charge in [0.2, 0.25) is 0 Å². The minimum atomic E-state index is -1.85. The van der Waals surface area contributed by atoms with Crippen LogP contribution >= 0.6 is 0 Å². The van der Waals surface area contributed by atoms with Crippen LogP contribution in [-0.2, 0) is 0 Å². The van der Waals surface area contributed by atoms with Gasteiger partial charge in [-0.1, -0.05) is 12.1 Å². The number of benzene rings is 1. The fraction of sp³-hybridized carbons (Fsp3) is 0.167. The quantitative estimate of drug-likeness (QED) is 0.437. The molecule has 1 aromatic carbocycles. The molecule has 0 aromatic heterocycles. The number of phenols is 2. The van der Waals surface area contributed by atoms with Gasteiger partial charge in [0.1, 0.15) is 11.5 Å². The summed E-state index contributed by atoms with van der Waals surface area (Å²) in [6.07, 6.45) is 3.92. The predicted molar refractivity (Wildman–Crippen MR) is 61.4 cm³/mol. The molecule has 0 aliphatic heterocycles. The van der Waals surface area contributed by atoms with E-state index >= 15 is 0 Å². The van der Waals surface area contributed by atoms with Crippen molar-refractivity contribution in [3.63, 3.8) is 0 Å². The molecule has 5 nitrogen and oxygen atoms in total.